The molecule has 3 aromatic rings. The van der Waals surface area contributed by atoms with Crippen molar-refractivity contribution >= 4 is 16.9 Å². The molecule has 3 aromatic carbocycles. The Balaban J connectivity index is 2.00. The molecule has 3 rings (SSSR count). The van der Waals surface area contributed by atoms with E-state index in [9.17, 15) is 15.0 Å². The molecule has 2 atom stereocenters. The molecule has 0 radical (unpaired) electrons. The number of benzene rings is 3. The molecule has 0 bridgehead atoms. The van der Waals surface area contributed by atoms with Gasteiger partial charge in [-0.3, -0.25) is 0 Å². The van der Waals surface area contributed by atoms with E-state index in [0.717, 1.165) is 21.9 Å². The van der Waals surface area contributed by atoms with Crippen LogP contribution in [0.25, 0.3) is 10.8 Å². The number of hydrogen-bond acceptors (Lipinski definition) is 2. The highest BCUT2D eigenvalue weighted by Crippen LogP contribution is 2.33. The van der Waals surface area contributed by atoms with E-state index in [2.05, 4.69) is 0 Å². The van der Waals surface area contributed by atoms with Gasteiger partial charge in [-0.1, -0.05) is 72.8 Å². The van der Waals surface area contributed by atoms with Crippen molar-refractivity contribution in [2.75, 3.05) is 13.6 Å². The number of carbonyl (C=O) groups is 1. The fourth-order valence-electron chi connectivity index (χ4n) is 3.08. The quantitative estimate of drug-likeness (QED) is 0.732. The second-order valence-electron chi connectivity index (χ2n) is 6.23. The second-order valence-corrected chi connectivity index (χ2v) is 6.23. The fourth-order valence-corrected chi connectivity index (χ4v) is 3.08. The van der Waals surface area contributed by atoms with E-state index in [1.54, 1.807) is 0 Å². The molecule has 0 spiro atoms. The number of hydrogen-bond donors (Lipinski definition) is 2. The van der Waals surface area contributed by atoms with Crippen molar-refractivity contribution in [2.24, 2.45) is 0 Å². The van der Waals surface area contributed by atoms with Crippen molar-refractivity contribution in [1.29, 1.82) is 0 Å². The van der Waals surface area contributed by atoms with Crippen LogP contribution < -0.4 is 0 Å². The third-order valence-electron chi connectivity index (χ3n) is 4.52. The Bertz CT molecular complexity index is 863. The summed E-state index contributed by atoms with van der Waals surface area (Å²) in [4.78, 5) is 12.5. The summed E-state index contributed by atoms with van der Waals surface area (Å²) >= 11 is 0. The minimum absolute atomic E-state index is 0.212. The molecule has 1 amide bonds. The van der Waals surface area contributed by atoms with Gasteiger partial charge in [-0.25, -0.2) is 4.79 Å². The van der Waals surface area contributed by atoms with Crippen LogP contribution in [0.4, 0.5) is 4.79 Å². The van der Waals surface area contributed by atoms with Crippen LogP contribution in [0.1, 0.15) is 23.1 Å². The summed E-state index contributed by atoms with van der Waals surface area (Å²) in [6.45, 7) is 0.212. The zero-order valence-corrected chi connectivity index (χ0v) is 14.0. The zero-order chi connectivity index (χ0) is 17.8. The van der Waals surface area contributed by atoms with E-state index in [0.29, 0.717) is 0 Å². The Morgan fingerprint density at radius 3 is 2.24 bits per heavy atom. The maximum atomic E-state index is 11.3. The first kappa shape index (κ1) is 17.0. The van der Waals surface area contributed by atoms with Gasteiger partial charge >= 0.3 is 6.09 Å². The Kier molecular flexibility index (Phi) is 5.00. The molecule has 0 saturated carbocycles. The number of likely N-dealkylation sites (N-methyl/N-ethyl adjacent to an activating group) is 1. The van der Waals surface area contributed by atoms with Gasteiger partial charge in [0, 0.05) is 19.5 Å². The van der Waals surface area contributed by atoms with Crippen molar-refractivity contribution in [3.05, 3.63) is 83.9 Å². The van der Waals surface area contributed by atoms with E-state index in [1.807, 2.05) is 72.8 Å². The Labute approximate surface area is 147 Å². The molecule has 0 aromatic heterocycles. The van der Waals surface area contributed by atoms with Crippen molar-refractivity contribution in [1.82, 2.24) is 4.90 Å². The van der Waals surface area contributed by atoms with Crippen LogP contribution in [0, 0.1) is 0 Å². The molecule has 0 saturated heterocycles. The van der Waals surface area contributed by atoms with Crippen LogP contribution in [-0.4, -0.2) is 34.8 Å². The summed E-state index contributed by atoms with van der Waals surface area (Å²) < 4.78 is 0. The molecule has 0 fully saturated rings. The number of fused-ring (bicyclic) bond motifs is 1. The molecule has 0 aliphatic rings. The molecule has 4 heteroatoms. The summed E-state index contributed by atoms with van der Waals surface area (Å²) in [6.07, 6.45) is -1.80. The highest BCUT2D eigenvalue weighted by atomic mass is 16.4. The van der Waals surface area contributed by atoms with Gasteiger partial charge in [0.05, 0.1) is 6.10 Å². The molecule has 0 heterocycles. The average Bonchev–Trinajstić information content (AvgIpc) is 2.65. The minimum atomic E-state index is -1.01. The Hall–Kier alpha value is -2.85. The maximum absolute atomic E-state index is 11.3. The topological polar surface area (TPSA) is 60.8 Å². The van der Waals surface area contributed by atoms with Crippen LogP contribution in [0.2, 0.25) is 0 Å². The first-order valence-corrected chi connectivity index (χ1v) is 8.22. The van der Waals surface area contributed by atoms with Gasteiger partial charge in [0.15, 0.2) is 0 Å². The third-order valence-corrected chi connectivity index (χ3v) is 4.52. The van der Waals surface area contributed by atoms with Crippen LogP contribution >= 0.6 is 0 Å². The number of amides is 1. The molecule has 4 nitrogen and oxygen atoms in total. The van der Waals surface area contributed by atoms with Gasteiger partial charge < -0.3 is 15.1 Å². The summed E-state index contributed by atoms with van der Waals surface area (Å²) in [7, 11) is 1.52. The largest absolute Gasteiger partial charge is 0.465 e. The van der Waals surface area contributed by atoms with E-state index in [4.69, 9.17) is 0 Å². The number of rotatable bonds is 5. The Morgan fingerprint density at radius 1 is 0.920 bits per heavy atom. The summed E-state index contributed by atoms with van der Waals surface area (Å²) in [5.41, 5.74) is 1.70. The van der Waals surface area contributed by atoms with Gasteiger partial charge in [-0.05, 0) is 21.9 Å². The number of carboxylic acid groups (broad SMARTS) is 1. The average molecular weight is 335 g/mol. The highest BCUT2D eigenvalue weighted by Gasteiger charge is 2.26. The summed E-state index contributed by atoms with van der Waals surface area (Å²) in [6, 6.07) is 23.4. The maximum Gasteiger partial charge on any atom is 0.407 e. The summed E-state index contributed by atoms with van der Waals surface area (Å²) in [5, 5.41) is 22.4. The van der Waals surface area contributed by atoms with Crippen molar-refractivity contribution in [3.8, 4) is 0 Å². The molecule has 0 aliphatic heterocycles. The highest BCUT2D eigenvalue weighted by molar-refractivity contribution is 5.83. The first-order valence-electron chi connectivity index (χ1n) is 8.22. The molecular formula is C21H21NO3. The molecule has 25 heavy (non-hydrogen) atoms. The van der Waals surface area contributed by atoms with Crippen LogP contribution in [-0.2, 0) is 0 Å². The summed E-state index contributed by atoms with van der Waals surface area (Å²) in [5.74, 6) is -0.354. The predicted octanol–water partition coefficient (Wildman–Crippen LogP) is 4.27. The fraction of sp³-hybridized carbons (Fsp3) is 0.190. The molecule has 2 N–H and O–H groups in total. The molecule has 128 valence electrons. The number of aliphatic hydroxyl groups is 1. The lowest BCUT2D eigenvalue weighted by Gasteiger charge is -2.27. The van der Waals surface area contributed by atoms with Crippen molar-refractivity contribution in [3.63, 3.8) is 0 Å². The second kappa shape index (κ2) is 7.36. The Morgan fingerprint density at radius 2 is 1.56 bits per heavy atom. The van der Waals surface area contributed by atoms with Crippen molar-refractivity contribution < 1.29 is 15.0 Å². The van der Waals surface area contributed by atoms with Gasteiger partial charge in [-0.15, -0.1) is 0 Å². The van der Waals surface area contributed by atoms with Crippen LogP contribution in [0.15, 0.2) is 72.8 Å². The van der Waals surface area contributed by atoms with E-state index < -0.39 is 12.2 Å². The van der Waals surface area contributed by atoms with Crippen LogP contribution in [0.3, 0.4) is 0 Å². The zero-order valence-electron chi connectivity index (χ0n) is 14.0. The van der Waals surface area contributed by atoms with E-state index in [-0.39, 0.29) is 12.5 Å². The van der Waals surface area contributed by atoms with Gasteiger partial charge in [-0.2, -0.15) is 0 Å². The standard InChI is InChI=1S/C21H21NO3/c1-22(21(24)25)14-19(20(23)16-8-3-2-4-9-16)18-12-11-15-7-5-6-10-17(15)13-18/h2-13,19-20,23H,14H2,1H3,(H,24,25)/t19-,20-/m0/s1. The number of aliphatic hydroxyl groups excluding tert-OH is 1. The lowest BCUT2D eigenvalue weighted by Crippen LogP contribution is -2.32. The molecule has 0 aliphatic carbocycles. The lowest BCUT2D eigenvalue weighted by molar-refractivity contribution is 0.113. The number of nitrogens with zero attached hydrogens (tertiary/aromatic N) is 1. The lowest BCUT2D eigenvalue weighted by atomic mass is 9.87. The third kappa shape index (κ3) is 3.80. The molecule has 0 unspecified atom stereocenters. The van der Waals surface area contributed by atoms with Crippen molar-refractivity contribution in [2.45, 2.75) is 12.0 Å². The molecular weight excluding hydrogens is 314 g/mol. The minimum Gasteiger partial charge on any atom is -0.465 e. The van der Waals surface area contributed by atoms with Gasteiger partial charge in [0.2, 0.25) is 0 Å². The van der Waals surface area contributed by atoms with Crippen LogP contribution in [0.5, 0.6) is 0 Å². The van der Waals surface area contributed by atoms with E-state index >= 15 is 0 Å². The van der Waals surface area contributed by atoms with Gasteiger partial charge in [0.25, 0.3) is 0 Å². The smallest absolute Gasteiger partial charge is 0.407 e. The predicted molar refractivity (Wildman–Crippen MR) is 98.7 cm³/mol. The van der Waals surface area contributed by atoms with Gasteiger partial charge in [0.1, 0.15) is 0 Å². The SMILES string of the molecule is CN(C[C@@H](c1ccc2ccccc2c1)[C@@H](O)c1ccccc1)C(=O)O. The normalized spacial score (nSPS) is 13.4. The first-order chi connectivity index (χ1) is 12.1. The van der Waals surface area contributed by atoms with E-state index in [1.165, 1.54) is 11.9 Å². The monoisotopic (exact) mass is 335 g/mol.